The van der Waals surface area contributed by atoms with Gasteiger partial charge in [0.2, 0.25) is 0 Å². The van der Waals surface area contributed by atoms with E-state index in [1.165, 1.54) is 6.26 Å². The molecule has 0 bridgehead atoms. The third kappa shape index (κ3) is 4.13. The Bertz CT molecular complexity index is 501. The predicted octanol–water partition coefficient (Wildman–Crippen LogP) is 1.95. The lowest BCUT2D eigenvalue weighted by Crippen LogP contribution is -2.26. The summed E-state index contributed by atoms with van der Waals surface area (Å²) in [6.07, 6.45) is 1.41. The van der Waals surface area contributed by atoms with Gasteiger partial charge in [-0.15, -0.1) is 0 Å². The molecule has 0 radical (unpaired) electrons. The summed E-state index contributed by atoms with van der Waals surface area (Å²) in [5.74, 6) is -0.00657. The number of hydrogen-bond acceptors (Lipinski definition) is 3. The molecule has 1 N–H and O–H groups in total. The van der Waals surface area contributed by atoms with Gasteiger partial charge in [-0.1, -0.05) is 23.8 Å². The Hall–Kier alpha value is -0.870. The van der Waals surface area contributed by atoms with Gasteiger partial charge in [0.1, 0.15) is 9.84 Å². The minimum Gasteiger partial charge on any atom is -0.385 e. The van der Waals surface area contributed by atoms with Crippen molar-refractivity contribution in [3.63, 3.8) is 0 Å². The van der Waals surface area contributed by atoms with Crippen molar-refractivity contribution in [3.8, 4) is 0 Å². The first-order chi connectivity index (χ1) is 7.62. The average Bonchev–Trinajstić information content (AvgIpc) is 2.18. The maximum Gasteiger partial charge on any atom is 0.147 e. The Morgan fingerprint density at radius 3 is 2.41 bits per heavy atom. The average molecular weight is 256 g/mol. The molecule has 96 valence electrons. The van der Waals surface area contributed by atoms with E-state index >= 15 is 0 Å². The van der Waals surface area contributed by atoms with Gasteiger partial charge in [0, 0.05) is 6.26 Å². The van der Waals surface area contributed by atoms with Crippen molar-refractivity contribution in [1.29, 1.82) is 0 Å². The Morgan fingerprint density at radius 1 is 1.29 bits per heavy atom. The maximum atomic E-state index is 11.1. The van der Waals surface area contributed by atoms with Crippen LogP contribution in [-0.2, 0) is 15.4 Å². The van der Waals surface area contributed by atoms with Gasteiger partial charge in [-0.3, -0.25) is 0 Å². The van der Waals surface area contributed by atoms with E-state index in [9.17, 15) is 13.5 Å². The zero-order valence-corrected chi connectivity index (χ0v) is 11.6. The monoisotopic (exact) mass is 256 g/mol. The Morgan fingerprint density at radius 2 is 1.88 bits per heavy atom. The highest BCUT2D eigenvalue weighted by atomic mass is 32.2. The zero-order chi connectivity index (χ0) is 13.3. The second-order valence-electron chi connectivity index (χ2n) is 4.97. The third-order valence-corrected chi connectivity index (χ3v) is 3.88. The molecule has 0 heterocycles. The molecule has 1 unspecified atom stereocenters. The van der Waals surface area contributed by atoms with Gasteiger partial charge < -0.3 is 5.11 Å². The molecule has 17 heavy (non-hydrogen) atoms. The van der Waals surface area contributed by atoms with E-state index in [4.69, 9.17) is 0 Å². The largest absolute Gasteiger partial charge is 0.385 e. The van der Waals surface area contributed by atoms with Crippen LogP contribution in [0.4, 0.5) is 0 Å². The molecular formula is C13H20O3S. The quantitative estimate of drug-likeness (QED) is 0.895. The Labute approximate surface area is 103 Å². The fourth-order valence-corrected chi connectivity index (χ4v) is 2.60. The third-order valence-electron chi connectivity index (χ3n) is 2.93. The molecule has 1 rings (SSSR count). The molecule has 0 spiro atoms. The molecule has 0 fully saturated rings. The topological polar surface area (TPSA) is 54.4 Å². The molecule has 4 heteroatoms. The molecule has 1 aromatic rings. The van der Waals surface area contributed by atoms with E-state index in [2.05, 4.69) is 0 Å². The van der Waals surface area contributed by atoms with Crippen LogP contribution < -0.4 is 0 Å². The standard InChI is InChI=1S/C13H20O3S/c1-10-5-6-11(2)12(9-10)13(3,14)7-8-17(4,15)16/h5-6,9,14H,7-8H2,1-4H3. The molecular weight excluding hydrogens is 236 g/mol. The summed E-state index contributed by atoms with van der Waals surface area (Å²) in [6, 6.07) is 5.84. The summed E-state index contributed by atoms with van der Waals surface area (Å²) < 4.78 is 22.3. The number of aryl methyl sites for hydroxylation is 2. The number of hydrogen-bond donors (Lipinski definition) is 1. The van der Waals surface area contributed by atoms with E-state index in [0.29, 0.717) is 0 Å². The van der Waals surface area contributed by atoms with Crippen LogP contribution in [0.15, 0.2) is 18.2 Å². The van der Waals surface area contributed by atoms with Crippen molar-refractivity contribution >= 4 is 9.84 Å². The molecule has 1 atom stereocenters. The zero-order valence-electron chi connectivity index (χ0n) is 10.8. The van der Waals surface area contributed by atoms with Gasteiger partial charge in [-0.05, 0) is 38.3 Å². The van der Waals surface area contributed by atoms with Crippen LogP contribution in [0, 0.1) is 13.8 Å². The summed E-state index contributed by atoms with van der Waals surface area (Å²) in [6.45, 7) is 5.54. The van der Waals surface area contributed by atoms with E-state index in [1.807, 2.05) is 32.0 Å². The minimum atomic E-state index is -3.05. The Kier molecular flexibility index (Phi) is 3.99. The maximum absolute atomic E-state index is 11.1. The first-order valence-corrected chi connectivity index (χ1v) is 7.66. The highest BCUT2D eigenvalue weighted by Crippen LogP contribution is 2.28. The van der Waals surface area contributed by atoms with Crippen LogP contribution >= 0.6 is 0 Å². The van der Waals surface area contributed by atoms with Crippen molar-refractivity contribution in [3.05, 3.63) is 34.9 Å². The van der Waals surface area contributed by atoms with Gasteiger partial charge in [-0.2, -0.15) is 0 Å². The van der Waals surface area contributed by atoms with Gasteiger partial charge in [0.05, 0.1) is 11.4 Å². The van der Waals surface area contributed by atoms with E-state index in [-0.39, 0.29) is 12.2 Å². The van der Waals surface area contributed by atoms with Gasteiger partial charge in [0.25, 0.3) is 0 Å². The SMILES string of the molecule is Cc1ccc(C)c(C(C)(O)CCS(C)(=O)=O)c1. The van der Waals surface area contributed by atoms with Crippen molar-refractivity contribution in [2.45, 2.75) is 32.8 Å². The number of sulfone groups is 1. The van der Waals surface area contributed by atoms with Gasteiger partial charge in [0.15, 0.2) is 0 Å². The van der Waals surface area contributed by atoms with Crippen LogP contribution in [0.5, 0.6) is 0 Å². The summed E-state index contributed by atoms with van der Waals surface area (Å²) in [4.78, 5) is 0. The molecule has 0 saturated carbocycles. The van der Waals surface area contributed by atoms with Crippen LogP contribution in [0.3, 0.4) is 0 Å². The number of aliphatic hydroxyl groups is 1. The second kappa shape index (κ2) is 4.78. The highest BCUT2D eigenvalue weighted by Gasteiger charge is 2.26. The molecule has 0 aromatic heterocycles. The molecule has 0 aliphatic carbocycles. The second-order valence-corrected chi connectivity index (χ2v) is 7.23. The number of benzene rings is 1. The van der Waals surface area contributed by atoms with Crippen LogP contribution in [0.25, 0.3) is 0 Å². The lowest BCUT2D eigenvalue weighted by atomic mass is 9.89. The highest BCUT2D eigenvalue weighted by molar-refractivity contribution is 7.90. The van der Waals surface area contributed by atoms with Gasteiger partial charge >= 0.3 is 0 Å². The molecule has 1 aromatic carbocycles. The molecule has 3 nitrogen and oxygen atoms in total. The van der Waals surface area contributed by atoms with Crippen molar-refractivity contribution in [2.24, 2.45) is 0 Å². The first kappa shape index (κ1) is 14.2. The normalized spacial score (nSPS) is 15.6. The van der Waals surface area contributed by atoms with E-state index < -0.39 is 15.4 Å². The van der Waals surface area contributed by atoms with Crippen LogP contribution in [-0.4, -0.2) is 25.5 Å². The Balaban J connectivity index is 3.00. The van der Waals surface area contributed by atoms with Crippen molar-refractivity contribution in [2.75, 3.05) is 12.0 Å². The lowest BCUT2D eigenvalue weighted by molar-refractivity contribution is 0.0532. The number of rotatable bonds is 4. The van der Waals surface area contributed by atoms with Crippen LogP contribution in [0.1, 0.15) is 30.0 Å². The van der Waals surface area contributed by atoms with Crippen molar-refractivity contribution in [1.82, 2.24) is 0 Å². The predicted molar refractivity (Wildman–Crippen MR) is 69.8 cm³/mol. The summed E-state index contributed by atoms with van der Waals surface area (Å²) in [5.41, 5.74) is 1.75. The van der Waals surface area contributed by atoms with E-state index in [0.717, 1.165) is 16.7 Å². The van der Waals surface area contributed by atoms with Gasteiger partial charge in [-0.25, -0.2) is 8.42 Å². The fraction of sp³-hybridized carbons (Fsp3) is 0.538. The smallest absolute Gasteiger partial charge is 0.147 e. The lowest BCUT2D eigenvalue weighted by Gasteiger charge is -2.25. The summed E-state index contributed by atoms with van der Waals surface area (Å²) in [5, 5.41) is 10.4. The minimum absolute atomic E-state index is 0.00657. The molecule has 0 aliphatic heterocycles. The van der Waals surface area contributed by atoms with Crippen LogP contribution in [0.2, 0.25) is 0 Å². The summed E-state index contributed by atoms with van der Waals surface area (Å²) >= 11 is 0. The van der Waals surface area contributed by atoms with Crippen molar-refractivity contribution < 1.29 is 13.5 Å². The fourth-order valence-electron chi connectivity index (χ4n) is 1.83. The first-order valence-electron chi connectivity index (χ1n) is 5.60. The van der Waals surface area contributed by atoms with E-state index in [1.54, 1.807) is 6.92 Å². The summed E-state index contributed by atoms with van der Waals surface area (Å²) in [7, 11) is -3.05. The molecule has 0 aliphatic rings. The molecule has 0 amide bonds. The molecule has 0 saturated heterocycles.